The number of para-hydroxylation sites is 3. The molecule has 4 rings (SSSR count). The van der Waals surface area contributed by atoms with Gasteiger partial charge in [0.05, 0.1) is 29.9 Å². The van der Waals surface area contributed by atoms with Crippen LogP contribution in [0, 0.1) is 5.82 Å². The van der Waals surface area contributed by atoms with Gasteiger partial charge in [-0.3, -0.25) is 9.78 Å². The fraction of sp³-hybridized carbons (Fsp3) is 0.318. The van der Waals surface area contributed by atoms with Crippen molar-refractivity contribution >= 4 is 22.8 Å². The maximum absolute atomic E-state index is 14.0. The lowest BCUT2D eigenvalue weighted by Gasteiger charge is -2.40. The summed E-state index contributed by atoms with van der Waals surface area (Å²) in [6, 6.07) is 12.0. The van der Waals surface area contributed by atoms with Crippen molar-refractivity contribution in [2.24, 2.45) is 0 Å². The number of carbonyl (C=O) groups is 1. The van der Waals surface area contributed by atoms with E-state index in [4.69, 9.17) is 4.74 Å². The third-order valence-corrected chi connectivity index (χ3v) is 5.43. The van der Waals surface area contributed by atoms with Gasteiger partial charge in [0.1, 0.15) is 5.82 Å². The summed E-state index contributed by atoms with van der Waals surface area (Å²) in [5, 5.41) is 3.43. The smallest absolute Gasteiger partial charge is 0.258 e. The van der Waals surface area contributed by atoms with Crippen molar-refractivity contribution < 1.29 is 13.9 Å². The molecule has 1 aliphatic heterocycles. The second-order valence-corrected chi connectivity index (χ2v) is 7.20. The zero-order valence-electron chi connectivity index (χ0n) is 16.4. The number of amides is 1. The highest BCUT2D eigenvalue weighted by Gasteiger charge is 2.33. The highest BCUT2D eigenvalue weighted by atomic mass is 19.1. The molecule has 3 aromatic rings. The van der Waals surface area contributed by atoms with Crippen LogP contribution in [0.15, 0.2) is 48.7 Å². The molecule has 2 heterocycles. The number of halogens is 1. The van der Waals surface area contributed by atoms with Gasteiger partial charge in [-0.1, -0.05) is 18.2 Å². The first kappa shape index (κ1) is 19.1. The number of anilines is 1. The Morgan fingerprint density at radius 1 is 1.21 bits per heavy atom. The third-order valence-electron chi connectivity index (χ3n) is 5.43. The van der Waals surface area contributed by atoms with Crippen LogP contribution in [0.2, 0.25) is 0 Å². The van der Waals surface area contributed by atoms with Crippen LogP contribution in [0.1, 0.15) is 30.1 Å². The summed E-state index contributed by atoms with van der Waals surface area (Å²) in [5.74, 6) is -0.104. The predicted molar refractivity (Wildman–Crippen MR) is 110 cm³/mol. The Hall–Kier alpha value is -3.22. The normalized spacial score (nSPS) is 19.2. The van der Waals surface area contributed by atoms with Crippen molar-refractivity contribution in [1.82, 2.24) is 14.9 Å². The number of fused-ring (bicyclic) bond motifs is 1. The molecule has 1 N–H and O–H groups in total. The molecule has 29 heavy (non-hydrogen) atoms. The zero-order valence-corrected chi connectivity index (χ0v) is 16.4. The Morgan fingerprint density at radius 2 is 2.00 bits per heavy atom. The number of hydrogen-bond acceptors (Lipinski definition) is 5. The van der Waals surface area contributed by atoms with Gasteiger partial charge in [-0.15, -0.1) is 0 Å². The van der Waals surface area contributed by atoms with Crippen LogP contribution in [0.3, 0.4) is 0 Å². The lowest BCUT2D eigenvalue weighted by atomic mass is 9.96. The molecule has 0 saturated carbocycles. The fourth-order valence-electron chi connectivity index (χ4n) is 3.88. The van der Waals surface area contributed by atoms with Crippen LogP contribution in [-0.2, 0) is 0 Å². The quantitative estimate of drug-likeness (QED) is 0.727. The number of nitrogens with one attached hydrogen (secondary N) is 1. The summed E-state index contributed by atoms with van der Waals surface area (Å²) in [6.07, 6.45) is 3.46. The molecule has 1 aromatic heterocycles. The monoisotopic (exact) mass is 394 g/mol. The summed E-state index contributed by atoms with van der Waals surface area (Å²) >= 11 is 0. The van der Waals surface area contributed by atoms with Crippen LogP contribution < -0.4 is 10.1 Å². The summed E-state index contributed by atoms with van der Waals surface area (Å²) < 4.78 is 19.2. The second-order valence-electron chi connectivity index (χ2n) is 7.20. The molecule has 7 heteroatoms. The van der Waals surface area contributed by atoms with Crippen molar-refractivity contribution in [2.45, 2.75) is 31.8 Å². The van der Waals surface area contributed by atoms with Crippen molar-refractivity contribution in [3.8, 4) is 5.75 Å². The number of hydrogen-bond donors (Lipinski definition) is 1. The minimum absolute atomic E-state index is 0.0137. The zero-order chi connectivity index (χ0) is 20.4. The Kier molecular flexibility index (Phi) is 5.29. The number of ether oxygens (including phenoxy) is 1. The summed E-state index contributed by atoms with van der Waals surface area (Å²) in [5.41, 5.74) is 1.90. The average molecular weight is 394 g/mol. The average Bonchev–Trinajstić information content (AvgIpc) is 2.74. The molecule has 0 unspecified atom stereocenters. The van der Waals surface area contributed by atoms with Crippen LogP contribution in [0.4, 0.5) is 10.2 Å². The minimum atomic E-state index is -0.538. The number of carbonyl (C=O) groups excluding carboxylic acids is 1. The van der Waals surface area contributed by atoms with Crippen molar-refractivity contribution in [3.63, 3.8) is 0 Å². The van der Waals surface area contributed by atoms with E-state index in [0.717, 1.165) is 23.9 Å². The van der Waals surface area contributed by atoms with Crippen molar-refractivity contribution in [1.29, 1.82) is 0 Å². The van der Waals surface area contributed by atoms with E-state index in [1.54, 1.807) is 17.2 Å². The van der Waals surface area contributed by atoms with Crippen LogP contribution in [-0.4, -0.2) is 46.5 Å². The third kappa shape index (κ3) is 3.72. The molecular formula is C22H23FN4O2. The van der Waals surface area contributed by atoms with Crippen LogP contribution >= 0.6 is 0 Å². The number of piperidine rings is 1. The van der Waals surface area contributed by atoms with Crippen molar-refractivity contribution in [3.05, 3.63) is 60.0 Å². The lowest BCUT2D eigenvalue weighted by Crippen LogP contribution is -2.52. The minimum Gasteiger partial charge on any atom is -0.493 e. The van der Waals surface area contributed by atoms with Crippen molar-refractivity contribution in [2.75, 3.05) is 19.0 Å². The number of aromatic nitrogens is 2. The van der Waals surface area contributed by atoms with E-state index in [1.165, 1.54) is 19.2 Å². The molecule has 150 valence electrons. The van der Waals surface area contributed by atoms with E-state index < -0.39 is 5.82 Å². The number of benzene rings is 2. The lowest BCUT2D eigenvalue weighted by molar-refractivity contribution is 0.0612. The molecular weight excluding hydrogens is 371 g/mol. The summed E-state index contributed by atoms with van der Waals surface area (Å²) in [6.45, 7) is 2.61. The largest absolute Gasteiger partial charge is 0.493 e. The molecule has 1 amide bonds. The number of methoxy groups -OCH3 is 1. The van der Waals surface area contributed by atoms with E-state index >= 15 is 0 Å². The van der Waals surface area contributed by atoms with Crippen LogP contribution in [0.25, 0.3) is 11.0 Å². The van der Waals surface area contributed by atoms with Gasteiger partial charge in [-0.25, -0.2) is 9.37 Å². The molecule has 1 aliphatic rings. The standard InChI is InChI=1S/C22H23FN4O2/c1-14-17(25-20-13-24-18-9-3-4-10-19(18)26-20)11-6-12-27(14)22(28)15-7-5-8-16(23)21(15)29-2/h3-5,7-10,13-14,17H,6,11-12H2,1-2H3,(H,25,26)/t14-,17-/m1/s1. The highest BCUT2D eigenvalue weighted by molar-refractivity contribution is 5.97. The van der Waals surface area contributed by atoms with E-state index in [1.807, 2.05) is 31.2 Å². The van der Waals surface area contributed by atoms with E-state index in [-0.39, 0.29) is 29.3 Å². The fourth-order valence-corrected chi connectivity index (χ4v) is 3.88. The van der Waals surface area contributed by atoms with E-state index in [9.17, 15) is 9.18 Å². The number of likely N-dealkylation sites (tertiary alicyclic amines) is 1. The summed E-state index contributed by atoms with van der Waals surface area (Å²) in [4.78, 5) is 24.0. The Balaban J connectivity index is 1.55. The second kappa shape index (κ2) is 8.03. The Morgan fingerprint density at radius 3 is 2.79 bits per heavy atom. The van der Waals surface area contributed by atoms with Gasteiger partial charge in [0.2, 0.25) is 0 Å². The van der Waals surface area contributed by atoms with Gasteiger partial charge >= 0.3 is 0 Å². The van der Waals surface area contributed by atoms with E-state index in [0.29, 0.717) is 12.4 Å². The highest BCUT2D eigenvalue weighted by Crippen LogP contribution is 2.28. The molecule has 1 saturated heterocycles. The molecule has 1 fully saturated rings. The molecule has 0 spiro atoms. The number of rotatable bonds is 4. The van der Waals surface area contributed by atoms with Crippen LogP contribution in [0.5, 0.6) is 5.75 Å². The maximum Gasteiger partial charge on any atom is 0.258 e. The molecule has 0 bridgehead atoms. The first-order chi connectivity index (χ1) is 14.1. The number of nitrogens with zero attached hydrogens (tertiary/aromatic N) is 3. The van der Waals surface area contributed by atoms with Gasteiger partial charge in [0.25, 0.3) is 5.91 Å². The Bertz CT molecular complexity index is 1040. The van der Waals surface area contributed by atoms with E-state index in [2.05, 4.69) is 15.3 Å². The predicted octanol–water partition coefficient (Wildman–Crippen LogP) is 3.88. The molecule has 6 nitrogen and oxygen atoms in total. The van der Waals surface area contributed by atoms with Gasteiger partial charge in [-0.2, -0.15) is 0 Å². The summed E-state index contributed by atoms with van der Waals surface area (Å²) in [7, 11) is 1.37. The molecule has 0 aliphatic carbocycles. The Labute approximate surface area is 168 Å². The van der Waals surface area contributed by atoms with Gasteiger partial charge in [0.15, 0.2) is 11.6 Å². The molecule has 0 radical (unpaired) electrons. The van der Waals surface area contributed by atoms with Gasteiger partial charge in [-0.05, 0) is 44.0 Å². The maximum atomic E-state index is 14.0. The van der Waals surface area contributed by atoms with Gasteiger partial charge < -0.3 is 15.0 Å². The topological polar surface area (TPSA) is 67.3 Å². The first-order valence-electron chi connectivity index (χ1n) is 9.70. The first-order valence-corrected chi connectivity index (χ1v) is 9.70. The SMILES string of the molecule is COc1c(F)cccc1C(=O)N1CCC[C@@H](Nc2cnc3ccccc3n2)[C@H]1C. The molecule has 2 atom stereocenters. The molecule has 2 aromatic carbocycles. The van der Waals surface area contributed by atoms with Gasteiger partial charge in [0, 0.05) is 18.6 Å².